The SMILES string of the molecule is CC(C)(C)OC(=O)C1C(=O)NCC12CCC2. The lowest BCUT2D eigenvalue weighted by atomic mass is 9.62. The quantitative estimate of drug-likeness (QED) is 0.539. The molecule has 0 aromatic heterocycles. The van der Waals surface area contributed by atoms with E-state index in [4.69, 9.17) is 4.74 Å². The van der Waals surface area contributed by atoms with Gasteiger partial charge in [-0.2, -0.15) is 0 Å². The Morgan fingerprint density at radius 3 is 2.50 bits per heavy atom. The molecule has 0 bridgehead atoms. The fourth-order valence-corrected chi connectivity index (χ4v) is 2.56. The summed E-state index contributed by atoms with van der Waals surface area (Å²) < 4.78 is 5.32. The van der Waals surface area contributed by atoms with Crippen LogP contribution in [0.25, 0.3) is 0 Å². The average molecular weight is 225 g/mol. The summed E-state index contributed by atoms with van der Waals surface area (Å²) in [6.45, 7) is 6.11. The van der Waals surface area contributed by atoms with Crippen LogP contribution in [-0.2, 0) is 14.3 Å². The zero-order chi connectivity index (χ0) is 12.0. The van der Waals surface area contributed by atoms with Crippen molar-refractivity contribution >= 4 is 11.9 Å². The van der Waals surface area contributed by atoms with Crippen LogP contribution in [0.2, 0.25) is 0 Å². The summed E-state index contributed by atoms with van der Waals surface area (Å²) in [7, 11) is 0. The van der Waals surface area contributed by atoms with Gasteiger partial charge in [-0.1, -0.05) is 6.42 Å². The summed E-state index contributed by atoms with van der Waals surface area (Å²) in [5.74, 6) is -1.10. The molecule has 4 heteroatoms. The summed E-state index contributed by atoms with van der Waals surface area (Å²) in [6, 6.07) is 0. The van der Waals surface area contributed by atoms with E-state index >= 15 is 0 Å². The molecule has 90 valence electrons. The minimum atomic E-state index is -0.583. The molecule has 1 aliphatic heterocycles. The van der Waals surface area contributed by atoms with Gasteiger partial charge < -0.3 is 10.1 Å². The van der Waals surface area contributed by atoms with E-state index in [0.717, 1.165) is 19.3 Å². The number of rotatable bonds is 1. The predicted molar refractivity (Wildman–Crippen MR) is 58.6 cm³/mol. The zero-order valence-corrected chi connectivity index (χ0v) is 10.1. The number of ether oxygens (including phenoxy) is 1. The third-order valence-electron chi connectivity index (χ3n) is 3.48. The number of carbonyl (C=O) groups excluding carboxylic acids is 2. The van der Waals surface area contributed by atoms with E-state index in [9.17, 15) is 9.59 Å². The monoisotopic (exact) mass is 225 g/mol. The van der Waals surface area contributed by atoms with Gasteiger partial charge in [0.05, 0.1) is 0 Å². The van der Waals surface area contributed by atoms with Gasteiger partial charge in [-0.05, 0) is 33.6 Å². The molecule has 1 amide bonds. The van der Waals surface area contributed by atoms with E-state index in [1.807, 2.05) is 20.8 Å². The average Bonchev–Trinajstić information content (AvgIpc) is 2.38. The second-order valence-electron chi connectivity index (χ2n) is 5.90. The number of amides is 1. The maximum Gasteiger partial charge on any atom is 0.319 e. The molecular weight excluding hydrogens is 206 g/mol. The lowest BCUT2D eigenvalue weighted by Crippen LogP contribution is -2.44. The minimum Gasteiger partial charge on any atom is -0.459 e. The molecule has 4 nitrogen and oxygen atoms in total. The molecule has 2 fully saturated rings. The van der Waals surface area contributed by atoms with Gasteiger partial charge in [0, 0.05) is 12.0 Å². The molecule has 2 rings (SSSR count). The van der Waals surface area contributed by atoms with E-state index in [1.54, 1.807) is 0 Å². The highest BCUT2D eigenvalue weighted by Crippen LogP contribution is 2.50. The topological polar surface area (TPSA) is 55.4 Å². The van der Waals surface area contributed by atoms with E-state index in [0.29, 0.717) is 6.54 Å². The van der Waals surface area contributed by atoms with Crippen LogP contribution in [0.5, 0.6) is 0 Å². The summed E-state index contributed by atoms with van der Waals surface area (Å²) in [5.41, 5.74) is -0.662. The van der Waals surface area contributed by atoms with Gasteiger partial charge in [0.25, 0.3) is 0 Å². The molecule has 16 heavy (non-hydrogen) atoms. The van der Waals surface area contributed by atoms with Crippen LogP contribution in [0.3, 0.4) is 0 Å². The molecule has 1 spiro atoms. The fourth-order valence-electron chi connectivity index (χ4n) is 2.56. The van der Waals surface area contributed by atoms with Gasteiger partial charge in [-0.15, -0.1) is 0 Å². The van der Waals surface area contributed by atoms with Crippen LogP contribution in [0, 0.1) is 11.3 Å². The van der Waals surface area contributed by atoms with Crippen molar-refractivity contribution in [2.45, 2.75) is 45.6 Å². The Hall–Kier alpha value is -1.06. The number of hydrogen-bond donors (Lipinski definition) is 1. The molecule has 1 N–H and O–H groups in total. The standard InChI is InChI=1S/C12H19NO3/c1-11(2,3)16-10(15)8-9(14)13-7-12(8)5-4-6-12/h8H,4-7H2,1-3H3,(H,13,14). The van der Waals surface area contributed by atoms with Crippen molar-refractivity contribution in [1.29, 1.82) is 0 Å². The van der Waals surface area contributed by atoms with Crippen molar-refractivity contribution < 1.29 is 14.3 Å². The molecule has 2 aliphatic rings. The number of carbonyl (C=O) groups is 2. The van der Waals surface area contributed by atoms with E-state index in [-0.39, 0.29) is 17.3 Å². The molecular formula is C12H19NO3. The molecule has 0 aromatic carbocycles. The van der Waals surface area contributed by atoms with Gasteiger partial charge in [-0.3, -0.25) is 9.59 Å². The largest absolute Gasteiger partial charge is 0.459 e. The highest BCUT2D eigenvalue weighted by Gasteiger charge is 2.56. The molecule has 1 aliphatic carbocycles. The number of nitrogens with one attached hydrogen (secondary N) is 1. The number of esters is 1. The molecule has 1 saturated carbocycles. The van der Waals surface area contributed by atoms with Gasteiger partial charge >= 0.3 is 5.97 Å². The van der Waals surface area contributed by atoms with Crippen molar-refractivity contribution in [2.75, 3.05) is 6.54 Å². The Bertz CT molecular complexity index is 326. The maximum absolute atomic E-state index is 12.0. The molecule has 1 unspecified atom stereocenters. The second-order valence-corrected chi connectivity index (χ2v) is 5.90. The van der Waals surface area contributed by atoms with Crippen LogP contribution < -0.4 is 5.32 Å². The van der Waals surface area contributed by atoms with Crippen molar-refractivity contribution in [3.63, 3.8) is 0 Å². The van der Waals surface area contributed by atoms with Crippen molar-refractivity contribution in [3.05, 3.63) is 0 Å². The Morgan fingerprint density at radius 1 is 1.44 bits per heavy atom. The summed E-state index contributed by atoms with van der Waals surface area (Å²) in [6.07, 6.45) is 3.01. The van der Waals surface area contributed by atoms with E-state index in [1.165, 1.54) is 0 Å². The van der Waals surface area contributed by atoms with Gasteiger partial charge in [0.2, 0.25) is 5.91 Å². The summed E-state index contributed by atoms with van der Waals surface area (Å²) in [4.78, 5) is 23.7. The second kappa shape index (κ2) is 3.47. The summed E-state index contributed by atoms with van der Waals surface area (Å²) >= 11 is 0. The predicted octanol–water partition coefficient (Wildman–Crippen LogP) is 1.24. The highest BCUT2D eigenvalue weighted by atomic mass is 16.6. The van der Waals surface area contributed by atoms with Crippen molar-refractivity contribution in [2.24, 2.45) is 11.3 Å². The molecule has 0 aromatic rings. The minimum absolute atomic E-state index is 0.139. The Morgan fingerprint density at radius 2 is 2.06 bits per heavy atom. The molecule has 1 saturated heterocycles. The first-order valence-electron chi connectivity index (χ1n) is 5.85. The third kappa shape index (κ3) is 1.81. The van der Waals surface area contributed by atoms with Crippen molar-refractivity contribution in [1.82, 2.24) is 5.32 Å². The van der Waals surface area contributed by atoms with Gasteiger partial charge in [0.1, 0.15) is 11.5 Å². The first-order chi connectivity index (χ1) is 7.34. The van der Waals surface area contributed by atoms with E-state index < -0.39 is 11.5 Å². The van der Waals surface area contributed by atoms with Crippen LogP contribution in [0.1, 0.15) is 40.0 Å². The normalized spacial score (nSPS) is 27.4. The molecule has 0 radical (unpaired) electrons. The van der Waals surface area contributed by atoms with Gasteiger partial charge in [0.15, 0.2) is 0 Å². The fraction of sp³-hybridized carbons (Fsp3) is 0.833. The Labute approximate surface area is 95.7 Å². The molecule has 1 atom stereocenters. The Kier molecular flexibility index (Phi) is 2.48. The highest BCUT2D eigenvalue weighted by molar-refractivity contribution is 6.00. The zero-order valence-electron chi connectivity index (χ0n) is 10.1. The lowest BCUT2D eigenvalue weighted by molar-refractivity contribution is -0.167. The van der Waals surface area contributed by atoms with Crippen molar-refractivity contribution in [3.8, 4) is 0 Å². The lowest BCUT2D eigenvalue weighted by Gasteiger charge is -2.40. The first-order valence-corrected chi connectivity index (χ1v) is 5.85. The van der Waals surface area contributed by atoms with Crippen LogP contribution in [0.15, 0.2) is 0 Å². The van der Waals surface area contributed by atoms with Crippen LogP contribution >= 0.6 is 0 Å². The van der Waals surface area contributed by atoms with Gasteiger partial charge in [-0.25, -0.2) is 0 Å². The van der Waals surface area contributed by atoms with Crippen LogP contribution in [-0.4, -0.2) is 24.0 Å². The first kappa shape index (κ1) is 11.4. The third-order valence-corrected chi connectivity index (χ3v) is 3.48. The Balaban J connectivity index is 2.12. The summed E-state index contributed by atoms with van der Waals surface area (Å²) in [5, 5.41) is 2.79. The molecule has 1 heterocycles. The van der Waals surface area contributed by atoms with E-state index in [2.05, 4.69) is 5.32 Å². The smallest absolute Gasteiger partial charge is 0.319 e. The maximum atomic E-state index is 12.0. The number of hydrogen-bond acceptors (Lipinski definition) is 3. The van der Waals surface area contributed by atoms with Crippen LogP contribution in [0.4, 0.5) is 0 Å².